The number of nitrogens with zero attached hydrogens (tertiary/aromatic N) is 3. The molecule has 0 unspecified atom stereocenters. The first-order valence-electron chi connectivity index (χ1n) is 11.6. The molecular weight excluding hydrogens is 450 g/mol. The molecule has 2 aromatic heterocycles. The lowest BCUT2D eigenvalue weighted by atomic mass is 10.0. The Morgan fingerprint density at radius 3 is 2.71 bits per heavy atom. The maximum atomic E-state index is 14.5. The van der Waals surface area contributed by atoms with Gasteiger partial charge in [0, 0.05) is 24.6 Å². The molecule has 184 valence electrons. The normalized spacial score (nSPS) is 21.9. The van der Waals surface area contributed by atoms with E-state index < -0.39 is 24.8 Å². The average molecular weight is 480 g/mol. The third-order valence-electron chi connectivity index (χ3n) is 6.50. The minimum atomic E-state index is -4.45. The quantitative estimate of drug-likeness (QED) is 0.509. The van der Waals surface area contributed by atoms with Gasteiger partial charge in [-0.3, -0.25) is 4.79 Å². The Labute approximate surface area is 196 Å². The number of carbonyl (C=O) groups excluding carboxylic acids is 1. The number of aromatic nitrogens is 2. The number of hydrogen-bond donors (Lipinski definition) is 2. The van der Waals surface area contributed by atoms with Gasteiger partial charge in [-0.05, 0) is 44.4 Å². The van der Waals surface area contributed by atoms with E-state index in [1.54, 1.807) is 18.2 Å². The highest BCUT2D eigenvalue weighted by atomic mass is 19.4. The molecule has 0 spiro atoms. The van der Waals surface area contributed by atoms with Crippen molar-refractivity contribution in [3.8, 4) is 11.8 Å². The van der Waals surface area contributed by atoms with E-state index in [1.165, 1.54) is 4.52 Å². The number of carbonyl (C=O) groups is 1. The Balaban J connectivity index is 1.57. The highest BCUT2D eigenvalue weighted by Gasteiger charge is 2.32. The van der Waals surface area contributed by atoms with E-state index in [4.69, 9.17) is 0 Å². The van der Waals surface area contributed by atoms with Gasteiger partial charge in [0.25, 0.3) is 0 Å². The molecule has 1 aliphatic carbocycles. The highest BCUT2D eigenvalue weighted by Crippen LogP contribution is 2.29. The van der Waals surface area contributed by atoms with Crippen LogP contribution in [0.25, 0.3) is 5.52 Å². The van der Waals surface area contributed by atoms with Crippen LogP contribution in [0.3, 0.4) is 0 Å². The topological polar surface area (TPSA) is 61.7 Å². The molecule has 2 fully saturated rings. The second kappa shape index (κ2) is 10.2. The van der Waals surface area contributed by atoms with Crippen molar-refractivity contribution in [2.45, 2.75) is 56.9 Å². The van der Waals surface area contributed by atoms with Gasteiger partial charge in [-0.1, -0.05) is 24.8 Å². The van der Waals surface area contributed by atoms with Crippen molar-refractivity contribution in [3.05, 3.63) is 29.5 Å². The van der Waals surface area contributed by atoms with Crippen molar-refractivity contribution in [3.63, 3.8) is 0 Å². The highest BCUT2D eigenvalue weighted by molar-refractivity contribution is 5.79. The number of piperidine rings is 1. The lowest BCUT2D eigenvalue weighted by Crippen LogP contribution is -2.46. The number of anilines is 1. The van der Waals surface area contributed by atoms with Crippen LogP contribution in [0.1, 0.15) is 43.4 Å². The van der Waals surface area contributed by atoms with Crippen molar-refractivity contribution in [2.75, 3.05) is 32.0 Å². The minimum absolute atomic E-state index is 0.00173. The molecule has 0 radical (unpaired) electrons. The molecule has 0 aromatic carbocycles. The van der Waals surface area contributed by atoms with Gasteiger partial charge in [-0.2, -0.15) is 18.3 Å². The second-order valence-corrected chi connectivity index (χ2v) is 9.15. The summed E-state index contributed by atoms with van der Waals surface area (Å²) < 4.78 is 55.9. The number of alkyl halides is 4. The summed E-state index contributed by atoms with van der Waals surface area (Å²) in [5, 5.41) is 10.2. The van der Waals surface area contributed by atoms with Gasteiger partial charge in [0.15, 0.2) is 0 Å². The van der Waals surface area contributed by atoms with Crippen LogP contribution in [0.5, 0.6) is 0 Å². The molecule has 2 aliphatic rings. The number of amides is 1. The molecule has 2 atom stereocenters. The summed E-state index contributed by atoms with van der Waals surface area (Å²) in [4.78, 5) is 14.0. The van der Waals surface area contributed by atoms with Crippen LogP contribution in [0.4, 0.5) is 23.4 Å². The maximum Gasteiger partial charge on any atom is 0.393 e. The summed E-state index contributed by atoms with van der Waals surface area (Å²) in [6, 6.07) is 4.38. The van der Waals surface area contributed by atoms with E-state index in [1.807, 2.05) is 11.9 Å². The third-order valence-corrected chi connectivity index (χ3v) is 6.50. The smallest absolute Gasteiger partial charge is 0.364 e. The average Bonchev–Trinajstić information content (AvgIpc) is 3.42. The molecule has 4 rings (SSSR count). The number of nitrogens with one attached hydrogen (secondary N) is 2. The van der Waals surface area contributed by atoms with Crippen LogP contribution in [0.15, 0.2) is 18.2 Å². The molecule has 2 aromatic rings. The van der Waals surface area contributed by atoms with Gasteiger partial charge in [-0.25, -0.2) is 8.91 Å². The fraction of sp³-hybridized carbons (Fsp3) is 0.583. The molecular formula is C24H29F4N5O. The van der Waals surface area contributed by atoms with Crippen LogP contribution in [-0.2, 0) is 11.2 Å². The standard InChI is InChI=1S/C24H29F4N5O/c1-32-13-11-20(18(25)15-32)30-22-10-4-9-21-17(14-24(26,27)28)19(31-33(21)22)8-5-12-29-23(34)16-6-2-3-7-16/h4,9-10,16,18,20,30H,2-3,6-7,11-15H2,1H3,(H,29,34)/t18-,20+/m0/s1. The molecule has 1 saturated carbocycles. The Bertz CT molecular complexity index is 1080. The SMILES string of the molecule is CN1CC[C@@H](Nc2cccc3c(CC(F)(F)F)c(C#CCNC(=O)C4CCCC4)nn23)[C@@H](F)C1. The molecule has 0 bridgehead atoms. The predicted molar refractivity (Wildman–Crippen MR) is 121 cm³/mol. The number of likely N-dealkylation sites (tertiary alicyclic amines) is 1. The molecule has 10 heteroatoms. The van der Waals surface area contributed by atoms with E-state index in [9.17, 15) is 22.4 Å². The van der Waals surface area contributed by atoms with Gasteiger partial charge in [0.1, 0.15) is 17.7 Å². The van der Waals surface area contributed by atoms with E-state index in [-0.39, 0.29) is 41.7 Å². The summed E-state index contributed by atoms with van der Waals surface area (Å²) >= 11 is 0. The van der Waals surface area contributed by atoms with Crippen LogP contribution in [0.2, 0.25) is 0 Å². The number of hydrogen-bond acceptors (Lipinski definition) is 4. The number of pyridine rings is 1. The maximum absolute atomic E-state index is 14.5. The number of fused-ring (bicyclic) bond motifs is 1. The molecule has 2 N–H and O–H groups in total. The second-order valence-electron chi connectivity index (χ2n) is 9.15. The number of halogens is 4. The van der Waals surface area contributed by atoms with Gasteiger partial charge >= 0.3 is 6.18 Å². The van der Waals surface area contributed by atoms with E-state index in [0.29, 0.717) is 12.2 Å². The van der Waals surface area contributed by atoms with Crippen LogP contribution >= 0.6 is 0 Å². The van der Waals surface area contributed by atoms with Crippen LogP contribution < -0.4 is 10.6 Å². The fourth-order valence-corrected chi connectivity index (χ4v) is 4.70. The largest absolute Gasteiger partial charge is 0.393 e. The van der Waals surface area contributed by atoms with E-state index in [2.05, 4.69) is 27.6 Å². The monoisotopic (exact) mass is 479 g/mol. The fourth-order valence-electron chi connectivity index (χ4n) is 4.70. The van der Waals surface area contributed by atoms with Crippen molar-refractivity contribution in [2.24, 2.45) is 5.92 Å². The minimum Gasteiger partial charge on any atom is -0.364 e. The molecule has 34 heavy (non-hydrogen) atoms. The zero-order chi connectivity index (χ0) is 24.3. The molecule has 6 nitrogen and oxygen atoms in total. The van der Waals surface area contributed by atoms with Gasteiger partial charge < -0.3 is 15.5 Å². The lowest BCUT2D eigenvalue weighted by molar-refractivity contribution is -0.127. The van der Waals surface area contributed by atoms with Gasteiger partial charge in [0.2, 0.25) is 5.91 Å². The molecule has 1 aliphatic heterocycles. The van der Waals surface area contributed by atoms with Crippen LogP contribution in [0, 0.1) is 17.8 Å². The zero-order valence-corrected chi connectivity index (χ0v) is 19.1. The summed E-state index contributed by atoms with van der Waals surface area (Å²) in [7, 11) is 1.85. The van der Waals surface area contributed by atoms with Gasteiger partial charge in [0.05, 0.1) is 24.5 Å². The summed E-state index contributed by atoms with van der Waals surface area (Å²) in [6.45, 7) is 1.05. The summed E-state index contributed by atoms with van der Waals surface area (Å²) in [5.41, 5.74) is 0.234. The number of rotatable bonds is 5. The Morgan fingerprint density at radius 2 is 2.00 bits per heavy atom. The third kappa shape index (κ3) is 5.81. The van der Waals surface area contributed by atoms with Crippen molar-refractivity contribution in [1.29, 1.82) is 0 Å². The van der Waals surface area contributed by atoms with Crippen molar-refractivity contribution >= 4 is 17.2 Å². The van der Waals surface area contributed by atoms with E-state index in [0.717, 1.165) is 32.2 Å². The first kappa shape index (κ1) is 24.3. The van der Waals surface area contributed by atoms with Crippen LogP contribution in [-0.4, -0.2) is 65.5 Å². The van der Waals surface area contributed by atoms with Crippen molar-refractivity contribution in [1.82, 2.24) is 19.8 Å². The Kier molecular flexibility index (Phi) is 7.31. The summed E-state index contributed by atoms with van der Waals surface area (Å²) in [5.74, 6) is 5.80. The van der Waals surface area contributed by atoms with E-state index >= 15 is 0 Å². The lowest BCUT2D eigenvalue weighted by Gasteiger charge is -2.33. The predicted octanol–water partition coefficient (Wildman–Crippen LogP) is 3.55. The molecule has 1 saturated heterocycles. The van der Waals surface area contributed by atoms with Gasteiger partial charge in [-0.15, -0.1) is 0 Å². The first-order valence-corrected chi connectivity index (χ1v) is 11.6. The van der Waals surface area contributed by atoms with Crippen molar-refractivity contribution < 1.29 is 22.4 Å². The first-order chi connectivity index (χ1) is 16.2. The molecule has 3 heterocycles. The summed E-state index contributed by atoms with van der Waals surface area (Å²) in [6.07, 6.45) is -2.40. The Hall–Kier alpha value is -2.80. The molecule has 1 amide bonds. The Morgan fingerprint density at radius 1 is 1.24 bits per heavy atom. The zero-order valence-electron chi connectivity index (χ0n) is 19.1.